The van der Waals surface area contributed by atoms with E-state index in [1.165, 1.54) is 0 Å². The van der Waals surface area contributed by atoms with Gasteiger partial charge in [0.2, 0.25) is 0 Å². The molecule has 1 aromatic carbocycles. The summed E-state index contributed by atoms with van der Waals surface area (Å²) in [5.41, 5.74) is 6.43. The highest BCUT2D eigenvalue weighted by Crippen LogP contribution is 2.21. The van der Waals surface area contributed by atoms with Crippen molar-refractivity contribution in [2.24, 2.45) is 5.10 Å². The Labute approximate surface area is 169 Å². The summed E-state index contributed by atoms with van der Waals surface area (Å²) in [5.74, 6) is 0. The molecule has 0 aliphatic carbocycles. The van der Waals surface area contributed by atoms with Gasteiger partial charge in [-0.1, -0.05) is 18.2 Å². The van der Waals surface area contributed by atoms with E-state index in [9.17, 15) is 0 Å². The van der Waals surface area contributed by atoms with E-state index in [0.29, 0.717) is 11.7 Å². The normalized spacial score (nSPS) is 12.1. The van der Waals surface area contributed by atoms with Gasteiger partial charge < -0.3 is 10.1 Å². The van der Waals surface area contributed by atoms with Crippen molar-refractivity contribution < 1.29 is 4.74 Å². The van der Waals surface area contributed by atoms with Crippen molar-refractivity contribution in [1.82, 2.24) is 25.5 Å². The van der Waals surface area contributed by atoms with E-state index in [1.807, 2.05) is 60.3 Å². The Bertz CT molecular complexity index is 926. The number of nitrogens with zero attached hydrogens (tertiary/aromatic N) is 4. The fraction of sp³-hybridized carbons (Fsp3) is 0.200. The van der Waals surface area contributed by atoms with Crippen LogP contribution in [0.4, 0.5) is 0 Å². The number of hydrogen-bond donors (Lipinski definition) is 2. The van der Waals surface area contributed by atoms with Crippen LogP contribution >= 0.6 is 12.2 Å². The third kappa shape index (κ3) is 5.21. The van der Waals surface area contributed by atoms with Crippen molar-refractivity contribution in [3.63, 3.8) is 0 Å². The smallest absolute Gasteiger partial charge is 0.187 e. The third-order valence-electron chi connectivity index (χ3n) is 3.88. The van der Waals surface area contributed by atoms with Crippen LogP contribution in [-0.4, -0.2) is 45.9 Å². The van der Waals surface area contributed by atoms with Crippen LogP contribution in [0.1, 0.15) is 12.5 Å². The quantitative estimate of drug-likeness (QED) is 0.365. The van der Waals surface area contributed by atoms with Gasteiger partial charge in [-0.25, -0.2) is 4.68 Å². The number of pyridine rings is 1. The molecule has 28 heavy (non-hydrogen) atoms. The van der Waals surface area contributed by atoms with Crippen molar-refractivity contribution in [3.05, 3.63) is 66.6 Å². The van der Waals surface area contributed by atoms with Crippen LogP contribution < -0.4 is 10.7 Å². The maximum absolute atomic E-state index is 5.25. The molecule has 3 aromatic rings. The van der Waals surface area contributed by atoms with Gasteiger partial charge in [0.05, 0.1) is 18.5 Å². The van der Waals surface area contributed by atoms with Crippen molar-refractivity contribution in [3.8, 4) is 16.9 Å². The van der Waals surface area contributed by atoms with Gasteiger partial charge >= 0.3 is 0 Å². The van der Waals surface area contributed by atoms with E-state index in [1.54, 1.807) is 25.7 Å². The maximum atomic E-state index is 5.25. The number of rotatable bonds is 7. The van der Waals surface area contributed by atoms with Gasteiger partial charge in [0, 0.05) is 42.9 Å². The number of ether oxygens (including phenoxy) is 1. The maximum Gasteiger partial charge on any atom is 0.187 e. The summed E-state index contributed by atoms with van der Waals surface area (Å²) in [6.45, 7) is 2.54. The zero-order valence-corrected chi connectivity index (χ0v) is 16.6. The first-order valence-corrected chi connectivity index (χ1v) is 9.22. The van der Waals surface area contributed by atoms with E-state index in [0.717, 1.165) is 22.5 Å². The Morgan fingerprint density at radius 3 is 2.71 bits per heavy atom. The molecule has 0 aliphatic rings. The summed E-state index contributed by atoms with van der Waals surface area (Å²) >= 11 is 5.25. The summed E-state index contributed by atoms with van der Waals surface area (Å²) in [6.07, 6.45) is 7.12. The van der Waals surface area contributed by atoms with Crippen LogP contribution in [0.2, 0.25) is 0 Å². The molecule has 0 bridgehead atoms. The van der Waals surface area contributed by atoms with E-state index in [2.05, 4.69) is 20.8 Å². The Morgan fingerprint density at radius 1 is 1.25 bits per heavy atom. The van der Waals surface area contributed by atoms with Gasteiger partial charge in [0.15, 0.2) is 5.11 Å². The lowest BCUT2D eigenvalue weighted by Gasteiger charge is -2.13. The number of para-hydroxylation sites is 1. The Kier molecular flexibility index (Phi) is 6.83. The second-order valence-corrected chi connectivity index (χ2v) is 6.56. The van der Waals surface area contributed by atoms with Crippen LogP contribution in [0.15, 0.2) is 66.2 Å². The Hall–Kier alpha value is -3.10. The van der Waals surface area contributed by atoms with Crippen molar-refractivity contribution in [1.29, 1.82) is 0 Å². The summed E-state index contributed by atoms with van der Waals surface area (Å²) in [6, 6.07) is 13.8. The van der Waals surface area contributed by atoms with Crippen molar-refractivity contribution in [2.45, 2.75) is 13.0 Å². The first kappa shape index (κ1) is 19.7. The van der Waals surface area contributed by atoms with Crippen molar-refractivity contribution in [2.75, 3.05) is 13.7 Å². The van der Waals surface area contributed by atoms with E-state index in [-0.39, 0.29) is 6.04 Å². The molecule has 144 valence electrons. The van der Waals surface area contributed by atoms with Crippen LogP contribution in [-0.2, 0) is 4.74 Å². The lowest BCUT2D eigenvalue weighted by molar-refractivity contribution is 0.179. The summed E-state index contributed by atoms with van der Waals surface area (Å²) in [7, 11) is 1.65. The Balaban J connectivity index is 1.81. The second kappa shape index (κ2) is 9.72. The second-order valence-electron chi connectivity index (χ2n) is 6.15. The zero-order chi connectivity index (χ0) is 19.8. The van der Waals surface area contributed by atoms with Gasteiger partial charge in [-0.2, -0.15) is 10.2 Å². The molecule has 0 radical (unpaired) electrons. The topological polar surface area (TPSA) is 76.4 Å². The third-order valence-corrected chi connectivity index (χ3v) is 4.09. The number of thiocarbonyl (C=S) groups is 1. The van der Waals surface area contributed by atoms with Gasteiger partial charge in [-0.05, 0) is 43.4 Å². The van der Waals surface area contributed by atoms with Gasteiger partial charge in [-0.15, -0.1) is 0 Å². The van der Waals surface area contributed by atoms with Gasteiger partial charge in [0.25, 0.3) is 0 Å². The van der Waals surface area contributed by atoms with Gasteiger partial charge in [0.1, 0.15) is 5.69 Å². The van der Waals surface area contributed by atoms with Crippen LogP contribution in [0.5, 0.6) is 0 Å². The molecule has 8 heteroatoms. The summed E-state index contributed by atoms with van der Waals surface area (Å²) < 4.78 is 6.91. The lowest BCUT2D eigenvalue weighted by atomic mass is 10.1. The van der Waals surface area contributed by atoms with E-state index >= 15 is 0 Å². The zero-order valence-electron chi connectivity index (χ0n) is 15.7. The minimum absolute atomic E-state index is 0.0911. The predicted molar refractivity (Wildman–Crippen MR) is 115 cm³/mol. The first-order valence-electron chi connectivity index (χ1n) is 8.81. The number of hydrazone groups is 1. The number of aromatic nitrogens is 3. The number of benzene rings is 1. The minimum atomic E-state index is 0.0911. The predicted octanol–water partition coefficient (Wildman–Crippen LogP) is 2.77. The highest BCUT2D eigenvalue weighted by atomic mass is 32.1. The molecule has 2 N–H and O–H groups in total. The fourth-order valence-corrected chi connectivity index (χ4v) is 2.89. The number of methoxy groups -OCH3 is 1. The largest absolute Gasteiger partial charge is 0.383 e. The summed E-state index contributed by atoms with van der Waals surface area (Å²) in [4.78, 5) is 4.08. The Morgan fingerprint density at radius 2 is 2.00 bits per heavy atom. The lowest BCUT2D eigenvalue weighted by Crippen LogP contribution is -2.40. The van der Waals surface area contributed by atoms with Crippen LogP contribution in [0.3, 0.4) is 0 Å². The highest BCUT2D eigenvalue weighted by molar-refractivity contribution is 7.80. The SMILES string of the molecule is COC[C@H](C)NC(=S)N/N=C\c1cn(-c2ccccc2)nc1-c1ccncc1. The number of nitrogens with one attached hydrogen (secondary N) is 2. The van der Waals surface area contributed by atoms with Crippen LogP contribution in [0, 0.1) is 0 Å². The summed E-state index contributed by atoms with van der Waals surface area (Å²) in [5, 5.41) is 12.5. The monoisotopic (exact) mass is 394 g/mol. The molecule has 0 amide bonds. The van der Waals surface area contributed by atoms with Crippen LogP contribution in [0.25, 0.3) is 16.9 Å². The van der Waals surface area contributed by atoms with E-state index in [4.69, 9.17) is 22.1 Å². The molecule has 0 spiro atoms. The molecule has 0 saturated heterocycles. The molecule has 0 unspecified atom stereocenters. The molecule has 7 nitrogen and oxygen atoms in total. The average Bonchev–Trinajstić information content (AvgIpc) is 3.14. The molecule has 0 saturated carbocycles. The first-order chi connectivity index (χ1) is 13.7. The molecular formula is C20H22N6OS. The molecule has 0 aliphatic heterocycles. The minimum Gasteiger partial charge on any atom is -0.383 e. The fourth-order valence-electron chi connectivity index (χ4n) is 2.64. The van der Waals surface area contributed by atoms with E-state index < -0.39 is 0 Å². The molecule has 2 heterocycles. The molecule has 0 fully saturated rings. The molecule has 3 rings (SSSR count). The standard InChI is InChI=1S/C20H22N6OS/c1-15(14-27-2)23-20(28)24-22-12-17-13-26(18-6-4-3-5-7-18)25-19(17)16-8-10-21-11-9-16/h3-13,15H,14H2,1-2H3,(H2,23,24,28)/b22-12-/t15-/m0/s1. The molecule has 2 aromatic heterocycles. The molecular weight excluding hydrogens is 372 g/mol. The van der Waals surface area contributed by atoms with Gasteiger partial charge in [-0.3, -0.25) is 10.4 Å². The number of hydrogen-bond acceptors (Lipinski definition) is 5. The molecule has 1 atom stereocenters. The highest BCUT2D eigenvalue weighted by Gasteiger charge is 2.11. The average molecular weight is 395 g/mol. The van der Waals surface area contributed by atoms with Crippen molar-refractivity contribution >= 4 is 23.5 Å².